The number of amides is 1. The van der Waals surface area contributed by atoms with E-state index < -0.39 is 0 Å². The van der Waals surface area contributed by atoms with Gasteiger partial charge < -0.3 is 15.3 Å². The van der Waals surface area contributed by atoms with E-state index in [1.54, 1.807) is 24.3 Å². The smallest absolute Gasteiger partial charge is 0.254 e. The van der Waals surface area contributed by atoms with E-state index in [1.165, 1.54) is 6.42 Å². The first kappa shape index (κ1) is 14.9. The Kier molecular flexibility index (Phi) is 5.41. The molecule has 1 atom stereocenters. The second kappa shape index (κ2) is 7.29. The highest BCUT2D eigenvalue weighted by Crippen LogP contribution is 2.15. The Balaban J connectivity index is 2.05. The van der Waals surface area contributed by atoms with Crippen LogP contribution in [0.15, 0.2) is 24.3 Å². The van der Waals surface area contributed by atoms with Gasteiger partial charge in [0.2, 0.25) is 0 Å². The van der Waals surface area contributed by atoms with E-state index in [-0.39, 0.29) is 11.7 Å². The number of hydrogen-bond donors (Lipinski definition) is 2. The number of nitrogens with zero attached hydrogens (tertiary/aromatic N) is 1. The third-order valence-electron chi connectivity index (χ3n) is 3.77. The molecule has 4 heteroatoms. The first-order valence-corrected chi connectivity index (χ1v) is 7.52. The fourth-order valence-electron chi connectivity index (χ4n) is 2.62. The normalized spacial score (nSPS) is 18.1. The largest absolute Gasteiger partial charge is 0.508 e. The van der Waals surface area contributed by atoms with E-state index in [0.717, 1.165) is 38.9 Å². The molecule has 1 heterocycles. The highest BCUT2D eigenvalue weighted by atomic mass is 16.3. The summed E-state index contributed by atoms with van der Waals surface area (Å²) in [6.07, 6.45) is 4.40. The molecule has 4 nitrogen and oxygen atoms in total. The van der Waals surface area contributed by atoms with Gasteiger partial charge in [-0.15, -0.1) is 0 Å². The highest BCUT2D eigenvalue weighted by Gasteiger charge is 2.22. The minimum atomic E-state index is 0.0167. The molecule has 1 saturated heterocycles. The summed E-state index contributed by atoms with van der Waals surface area (Å²) in [5.41, 5.74) is 0.569. The molecule has 1 aromatic carbocycles. The number of carbonyl (C=O) groups is 1. The van der Waals surface area contributed by atoms with E-state index in [9.17, 15) is 9.90 Å². The van der Waals surface area contributed by atoms with Gasteiger partial charge in [0, 0.05) is 24.7 Å². The van der Waals surface area contributed by atoms with Crippen LogP contribution in [0, 0.1) is 0 Å². The monoisotopic (exact) mass is 276 g/mol. The topological polar surface area (TPSA) is 52.6 Å². The van der Waals surface area contributed by atoms with Crippen LogP contribution in [0.25, 0.3) is 0 Å². The standard InChI is InChI=1S/C16H24N2O2/c1-2-3-10-18(12-14-7-5-9-17-14)16(20)13-6-4-8-15(19)11-13/h4,6,8,11,14,17,19H,2-3,5,7,9-10,12H2,1H3. The maximum absolute atomic E-state index is 12.6. The Morgan fingerprint density at radius 3 is 3.00 bits per heavy atom. The van der Waals surface area contributed by atoms with Gasteiger partial charge in [0.15, 0.2) is 0 Å². The average molecular weight is 276 g/mol. The van der Waals surface area contributed by atoms with Crippen LogP contribution in [0.1, 0.15) is 43.0 Å². The minimum absolute atomic E-state index is 0.0167. The molecule has 0 saturated carbocycles. The number of phenols is 1. The van der Waals surface area contributed by atoms with Crippen LogP contribution >= 0.6 is 0 Å². The lowest BCUT2D eigenvalue weighted by molar-refractivity contribution is 0.0739. The molecule has 1 aliphatic rings. The second-order valence-corrected chi connectivity index (χ2v) is 5.45. The number of unbranched alkanes of at least 4 members (excludes halogenated alkanes) is 1. The van der Waals surface area contributed by atoms with Crippen LogP contribution in [0.4, 0.5) is 0 Å². The number of carbonyl (C=O) groups excluding carboxylic acids is 1. The Hall–Kier alpha value is -1.55. The van der Waals surface area contributed by atoms with Gasteiger partial charge in [-0.1, -0.05) is 19.4 Å². The Morgan fingerprint density at radius 2 is 2.35 bits per heavy atom. The van der Waals surface area contributed by atoms with Crippen molar-refractivity contribution in [2.45, 2.75) is 38.6 Å². The summed E-state index contributed by atoms with van der Waals surface area (Å²) in [5, 5.41) is 13.0. The van der Waals surface area contributed by atoms with E-state index >= 15 is 0 Å². The molecule has 0 aromatic heterocycles. The summed E-state index contributed by atoms with van der Waals surface area (Å²) in [6.45, 7) is 4.72. The first-order valence-electron chi connectivity index (χ1n) is 7.52. The summed E-state index contributed by atoms with van der Waals surface area (Å²) in [7, 11) is 0. The predicted octanol–water partition coefficient (Wildman–Crippen LogP) is 2.39. The van der Waals surface area contributed by atoms with Gasteiger partial charge in [0.05, 0.1) is 0 Å². The van der Waals surface area contributed by atoms with Gasteiger partial charge in [0.25, 0.3) is 5.91 Å². The summed E-state index contributed by atoms with van der Waals surface area (Å²) in [6, 6.07) is 7.03. The molecule has 2 rings (SSSR count). The Morgan fingerprint density at radius 1 is 1.50 bits per heavy atom. The van der Waals surface area contributed by atoms with Crippen molar-refractivity contribution in [2.75, 3.05) is 19.6 Å². The van der Waals surface area contributed by atoms with Crippen molar-refractivity contribution in [1.82, 2.24) is 10.2 Å². The van der Waals surface area contributed by atoms with E-state index in [1.807, 2.05) is 4.90 Å². The van der Waals surface area contributed by atoms with Crippen LogP contribution in [-0.2, 0) is 0 Å². The van der Waals surface area contributed by atoms with Crippen LogP contribution in [-0.4, -0.2) is 41.6 Å². The van der Waals surface area contributed by atoms with Crippen LogP contribution < -0.4 is 5.32 Å². The zero-order valence-corrected chi connectivity index (χ0v) is 12.1. The van der Waals surface area contributed by atoms with Gasteiger partial charge in [-0.05, 0) is 44.0 Å². The number of nitrogens with one attached hydrogen (secondary N) is 1. The third kappa shape index (κ3) is 3.97. The molecule has 1 amide bonds. The molecular weight excluding hydrogens is 252 g/mol. The number of benzene rings is 1. The Bertz CT molecular complexity index is 442. The SMILES string of the molecule is CCCCN(CC1CCCN1)C(=O)c1cccc(O)c1. The fourth-order valence-corrected chi connectivity index (χ4v) is 2.62. The molecule has 1 unspecified atom stereocenters. The van der Waals surface area contributed by atoms with Crippen molar-refractivity contribution in [2.24, 2.45) is 0 Å². The quantitative estimate of drug-likeness (QED) is 0.839. The molecule has 110 valence electrons. The maximum atomic E-state index is 12.6. The van der Waals surface area contributed by atoms with Crippen LogP contribution in [0.2, 0.25) is 0 Å². The third-order valence-corrected chi connectivity index (χ3v) is 3.77. The number of rotatable bonds is 6. The van der Waals surface area contributed by atoms with E-state index in [0.29, 0.717) is 11.6 Å². The molecule has 0 radical (unpaired) electrons. The average Bonchev–Trinajstić information content (AvgIpc) is 2.95. The first-order chi connectivity index (χ1) is 9.70. The summed E-state index contributed by atoms with van der Waals surface area (Å²) >= 11 is 0. The summed E-state index contributed by atoms with van der Waals surface area (Å²) in [4.78, 5) is 14.5. The minimum Gasteiger partial charge on any atom is -0.508 e. The van der Waals surface area contributed by atoms with Crippen molar-refractivity contribution in [1.29, 1.82) is 0 Å². The zero-order chi connectivity index (χ0) is 14.4. The molecule has 0 aliphatic carbocycles. The summed E-state index contributed by atoms with van der Waals surface area (Å²) in [5.74, 6) is 0.160. The predicted molar refractivity (Wildman–Crippen MR) is 79.9 cm³/mol. The molecule has 1 aliphatic heterocycles. The van der Waals surface area contributed by atoms with Crippen LogP contribution in [0.5, 0.6) is 5.75 Å². The molecule has 20 heavy (non-hydrogen) atoms. The van der Waals surface area contributed by atoms with Gasteiger partial charge in [0.1, 0.15) is 5.75 Å². The lowest BCUT2D eigenvalue weighted by Gasteiger charge is -2.26. The number of phenolic OH excluding ortho intramolecular Hbond substituents is 1. The van der Waals surface area contributed by atoms with Crippen molar-refractivity contribution < 1.29 is 9.90 Å². The van der Waals surface area contributed by atoms with Crippen molar-refractivity contribution in [3.05, 3.63) is 29.8 Å². The van der Waals surface area contributed by atoms with Gasteiger partial charge in [-0.25, -0.2) is 0 Å². The lowest BCUT2D eigenvalue weighted by Crippen LogP contribution is -2.41. The number of hydrogen-bond acceptors (Lipinski definition) is 3. The second-order valence-electron chi connectivity index (χ2n) is 5.45. The van der Waals surface area contributed by atoms with Gasteiger partial charge >= 0.3 is 0 Å². The highest BCUT2D eigenvalue weighted by molar-refractivity contribution is 5.94. The molecule has 1 fully saturated rings. The summed E-state index contributed by atoms with van der Waals surface area (Å²) < 4.78 is 0. The van der Waals surface area contributed by atoms with Crippen molar-refractivity contribution in [3.63, 3.8) is 0 Å². The van der Waals surface area contributed by atoms with Crippen molar-refractivity contribution in [3.8, 4) is 5.75 Å². The molecule has 2 N–H and O–H groups in total. The van der Waals surface area contributed by atoms with E-state index in [2.05, 4.69) is 12.2 Å². The fraction of sp³-hybridized carbons (Fsp3) is 0.562. The lowest BCUT2D eigenvalue weighted by atomic mass is 10.1. The van der Waals surface area contributed by atoms with E-state index in [4.69, 9.17) is 0 Å². The Labute approximate surface area is 120 Å². The molecule has 1 aromatic rings. The van der Waals surface area contributed by atoms with Gasteiger partial charge in [-0.3, -0.25) is 4.79 Å². The molecule has 0 bridgehead atoms. The van der Waals surface area contributed by atoms with Gasteiger partial charge in [-0.2, -0.15) is 0 Å². The molecule has 0 spiro atoms. The number of aromatic hydroxyl groups is 1. The zero-order valence-electron chi connectivity index (χ0n) is 12.1. The maximum Gasteiger partial charge on any atom is 0.254 e. The molecular formula is C16H24N2O2. The van der Waals surface area contributed by atoms with Crippen LogP contribution in [0.3, 0.4) is 0 Å². The van der Waals surface area contributed by atoms with Crippen molar-refractivity contribution >= 4 is 5.91 Å².